The summed E-state index contributed by atoms with van der Waals surface area (Å²) < 4.78 is 25.2. The molecule has 10 heteroatoms. The van der Waals surface area contributed by atoms with E-state index >= 15 is 0 Å². The van der Waals surface area contributed by atoms with Crippen LogP contribution in [0.25, 0.3) is 6.08 Å². The fourth-order valence-corrected chi connectivity index (χ4v) is 5.95. The van der Waals surface area contributed by atoms with Gasteiger partial charge in [0.1, 0.15) is 5.75 Å². The van der Waals surface area contributed by atoms with Crippen molar-refractivity contribution >= 4 is 39.3 Å². The first-order valence-corrected chi connectivity index (χ1v) is 14.3. The van der Waals surface area contributed by atoms with E-state index in [0.29, 0.717) is 48.9 Å². The maximum atomic E-state index is 13.9. The van der Waals surface area contributed by atoms with Crippen LogP contribution in [0.4, 0.5) is 0 Å². The molecule has 0 bridgehead atoms. The summed E-state index contributed by atoms with van der Waals surface area (Å²) in [5.41, 5.74) is 2.07. The van der Waals surface area contributed by atoms with E-state index in [9.17, 15) is 9.59 Å². The zero-order chi connectivity index (χ0) is 28.3. The molecule has 0 amide bonds. The van der Waals surface area contributed by atoms with Crippen LogP contribution in [0, 0.1) is 0 Å². The number of esters is 1. The summed E-state index contributed by atoms with van der Waals surface area (Å²) in [7, 11) is 1.58. The predicted octanol–water partition coefficient (Wildman–Crippen LogP) is 4.76. The van der Waals surface area contributed by atoms with E-state index < -0.39 is 12.0 Å². The van der Waals surface area contributed by atoms with E-state index in [1.54, 1.807) is 37.7 Å². The quantitative estimate of drug-likeness (QED) is 0.323. The zero-order valence-electron chi connectivity index (χ0n) is 22.7. The molecule has 8 nitrogen and oxygen atoms in total. The minimum Gasteiger partial charge on any atom is -0.496 e. The summed E-state index contributed by atoms with van der Waals surface area (Å²) in [5.74, 6) is 1.38. The van der Waals surface area contributed by atoms with Crippen molar-refractivity contribution in [2.24, 2.45) is 4.99 Å². The van der Waals surface area contributed by atoms with Crippen molar-refractivity contribution in [3.05, 3.63) is 83.0 Å². The van der Waals surface area contributed by atoms with Gasteiger partial charge in [-0.3, -0.25) is 9.36 Å². The van der Waals surface area contributed by atoms with Gasteiger partial charge in [0.2, 0.25) is 0 Å². The van der Waals surface area contributed by atoms with Crippen molar-refractivity contribution in [3.8, 4) is 17.2 Å². The Balaban J connectivity index is 1.89. The number of nitrogens with zero attached hydrogens (tertiary/aromatic N) is 2. The molecule has 1 atom stereocenters. The third-order valence-corrected chi connectivity index (χ3v) is 7.54. The Bertz CT molecular complexity index is 1600. The highest BCUT2D eigenvalue weighted by atomic mass is 79.9. The van der Waals surface area contributed by atoms with E-state index in [1.165, 1.54) is 11.3 Å². The average Bonchev–Trinajstić information content (AvgIpc) is 3.18. The number of allylic oxidation sites excluding steroid dienone is 1. The standard InChI is InChI=1S/C29H31BrN2O6S/c1-7-36-23-13-18(9-11-22(23)38-16(3)4)14-24-27(33)32-26(19-10-12-21(35-6)20(30)15-19)25(28(34)37-8-2)17(5)31-29(32)39-24/h9-16,26H,7-8H2,1-6H3/b24-14-/t26-/m1/s1. The number of carbonyl (C=O) groups excluding carboxylic acids is 1. The molecule has 2 heterocycles. The van der Waals surface area contributed by atoms with Gasteiger partial charge in [0.25, 0.3) is 5.56 Å². The molecule has 0 fully saturated rings. The molecule has 0 saturated carbocycles. The Morgan fingerprint density at radius 2 is 1.87 bits per heavy atom. The van der Waals surface area contributed by atoms with Crippen LogP contribution in [0.2, 0.25) is 0 Å². The van der Waals surface area contributed by atoms with Crippen LogP contribution in [0.3, 0.4) is 0 Å². The van der Waals surface area contributed by atoms with Gasteiger partial charge in [0.15, 0.2) is 16.3 Å². The molecule has 39 heavy (non-hydrogen) atoms. The monoisotopic (exact) mass is 614 g/mol. The van der Waals surface area contributed by atoms with Crippen LogP contribution in [0.1, 0.15) is 51.8 Å². The number of methoxy groups -OCH3 is 1. The molecule has 0 aliphatic carbocycles. The van der Waals surface area contributed by atoms with Crippen molar-refractivity contribution in [1.29, 1.82) is 0 Å². The minimum atomic E-state index is -0.717. The van der Waals surface area contributed by atoms with Crippen LogP contribution in [-0.4, -0.2) is 37.0 Å². The fraction of sp³-hybridized carbons (Fsp3) is 0.345. The summed E-state index contributed by atoms with van der Waals surface area (Å²) >= 11 is 4.80. The largest absolute Gasteiger partial charge is 0.496 e. The maximum absolute atomic E-state index is 13.9. The first kappa shape index (κ1) is 28.6. The van der Waals surface area contributed by atoms with Crippen molar-refractivity contribution < 1.29 is 23.7 Å². The minimum absolute atomic E-state index is 0.00595. The lowest BCUT2D eigenvalue weighted by Gasteiger charge is -2.25. The van der Waals surface area contributed by atoms with Gasteiger partial charge in [-0.1, -0.05) is 23.5 Å². The van der Waals surface area contributed by atoms with Crippen molar-refractivity contribution in [1.82, 2.24) is 4.57 Å². The molecular weight excluding hydrogens is 584 g/mol. The molecule has 0 saturated heterocycles. The number of ether oxygens (including phenoxy) is 4. The molecule has 3 aromatic rings. The van der Waals surface area contributed by atoms with Gasteiger partial charge in [0.05, 0.1) is 52.7 Å². The maximum Gasteiger partial charge on any atom is 0.338 e. The number of rotatable bonds is 9. The van der Waals surface area contributed by atoms with Gasteiger partial charge in [-0.05, 0) is 92.0 Å². The van der Waals surface area contributed by atoms with E-state index in [4.69, 9.17) is 18.9 Å². The van der Waals surface area contributed by atoms with Gasteiger partial charge in [0, 0.05) is 0 Å². The van der Waals surface area contributed by atoms with Crippen LogP contribution < -0.4 is 29.1 Å². The van der Waals surface area contributed by atoms with E-state index in [0.717, 1.165) is 11.1 Å². The lowest BCUT2D eigenvalue weighted by Crippen LogP contribution is -2.39. The molecule has 1 aliphatic rings. The Hall–Kier alpha value is -3.37. The number of hydrogen-bond donors (Lipinski definition) is 0. The number of aromatic nitrogens is 1. The third-order valence-electron chi connectivity index (χ3n) is 5.94. The van der Waals surface area contributed by atoms with Crippen molar-refractivity contribution in [2.75, 3.05) is 20.3 Å². The summed E-state index contributed by atoms with van der Waals surface area (Å²) in [4.78, 5) is 32.1. The number of fused-ring (bicyclic) bond motifs is 1. The lowest BCUT2D eigenvalue weighted by atomic mass is 9.96. The summed E-state index contributed by atoms with van der Waals surface area (Å²) in [6.45, 7) is 10.0. The predicted molar refractivity (Wildman–Crippen MR) is 154 cm³/mol. The number of thiazole rings is 1. The molecule has 0 N–H and O–H groups in total. The second-order valence-electron chi connectivity index (χ2n) is 9.00. The smallest absolute Gasteiger partial charge is 0.338 e. The molecule has 206 valence electrons. The molecule has 0 unspecified atom stereocenters. The Morgan fingerprint density at radius 3 is 2.51 bits per heavy atom. The number of hydrogen-bond acceptors (Lipinski definition) is 8. The highest BCUT2D eigenvalue weighted by Gasteiger charge is 2.33. The van der Waals surface area contributed by atoms with E-state index in [1.807, 2.05) is 51.1 Å². The molecule has 0 radical (unpaired) electrons. The molecule has 2 aromatic carbocycles. The first-order valence-electron chi connectivity index (χ1n) is 12.6. The molecule has 0 spiro atoms. The van der Waals surface area contributed by atoms with Crippen molar-refractivity contribution in [3.63, 3.8) is 0 Å². The number of carbonyl (C=O) groups is 1. The molecule has 1 aromatic heterocycles. The second kappa shape index (κ2) is 12.2. The molecular formula is C29H31BrN2O6S. The van der Waals surface area contributed by atoms with Crippen molar-refractivity contribution in [2.45, 2.75) is 46.8 Å². The Kier molecular flexibility index (Phi) is 8.97. The van der Waals surface area contributed by atoms with Gasteiger partial charge >= 0.3 is 5.97 Å². The highest BCUT2D eigenvalue weighted by Crippen LogP contribution is 2.35. The number of halogens is 1. The van der Waals surface area contributed by atoms with Gasteiger partial charge < -0.3 is 18.9 Å². The van der Waals surface area contributed by atoms with Crippen LogP contribution in [-0.2, 0) is 9.53 Å². The Morgan fingerprint density at radius 1 is 1.13 bits per heavy atom. The number of benzene rings is 2. The SMILES string of the molecule is CCOC(=O)C1=C(C)N=c2s/c(=C\c3ccc(OC(C)C)c(OCC)c3)c(=O)n2[C@@H]1c1ccc(OC)c(Br)c1. The normalized spacial score (nSPS) is 15.2. The van der Waals surface area contributed by atoms with Gasteiger partial charge in [-0.2, -0.15) is 0 Å². The van der Waals surface area contributed by atoms with Gasteiger partial charge in [-0.25, -0.2) is 9.79 Å². The highest BCUT2D eigenvalue weighted by molar-refractivity contribution is 9.10. The van der Waals surface area contributed by atoms with Gasteiger partial charge in [-0.15, -0.1) is 0 Å². The van der Waals surface area contributed by atoms with E-state index in [-0.39, 0.29) is 18.3 Å². The molecule has 1 aliphatic heterocycles. The van der Waals surface area contributed by atoms with Crippen LogP contribution in [0.5, 0.6) is 17.2 Å². The first-order chi connectivity index (χ1) is 18.7. The summed E-state index contributed by atoms with van der Waals surface area (Å²) in [5, 5.41) is 0. The zero-order valence-corrected chi connectivity index (χ0v) is 25.1. The van der Waals surface area contributed by atoms with Crippen LogP contribution >= 0.6 is 27.3 Å². The average molecular weight is 616 g/mol. The second-order valence-corrected chi connectivity index (χ2v) is 10.9. The fourth-order valence-electron chi connectivity index (χ4n) is 4.35. The lowest BCUT2D eigenvalue weighted by molar-refractivity contribution is -0.139. The molecule has 4 rings (SSSR count). The summed E-state index contributed by atoms with van der Waals surface area (Å²) in [6, 6.07) is 10.3. The topological polar surface area (TPSA) is 88.4 Å². The summed E-state index contributed by atoms with van der Waals surface area (Å²) in [6.07, 6.45) is 1.80. The Labute approximate surface area is 239 Å². The van der Waals surface area contributed by atoms with Crippen LogP contribution in [0.15, 0.2) is 61.9 Å². The third kappa shape index (κ3) is 5.96. The van der Waals surface area contributed by atoms with E-state index in [2.05, 4.69) is 20.9 Å².